The molecule has 8 heteroatoms. The first-order valence-corrected chi connectivity index (χ1v) is 7.89. The largest absolute Gasteiger partial charge is 0.374 e. The molecule has 0 spiro atoms. The van der Waals surface area contributed by atoms with Gasteiger partial charge in [-0.1, -0.05) is 16.5 Å². The van der Waals surface area contributed by atoms with Crippen LogP contribution in [-0.2, 0) is 19.3 Å². The Balaban J connectivity index is 1.49. The summed E-state index contributed by atoms with van der Waals surface area (Å²) in [4.78, 5) is 12.1. The first kappa shape index (κ1) is 14.0. The zero-order valence-electron chi connectivity index (χ0n) is 11.6. The van der Waals surface area contributed by atoms with E-state index >= 15 is 0 Å². The normalized spacial score (nSPS) is 13.9. The van der Waals surface area contributed by atoms with Crippen LogP contribution in [0.2, 0.25) is 0 Å². The van der Waals surface area contributed by atoms with Crippen LogP contribution in [0.4, 0.5) is 5.13 Å². The molecule has 0 aromatic carbocycles. The van der Waals surface area contributed by atoms with Gasteiger partial charge in [-0.05, 0) is 32.1 Å². The second kappa shape index (κ2) is 6.21. The van der Waals surface area contributed by atoms with E-state index in [-0.39, 0.29) is 5.91 Å². The highest BCUT2D eigenvalue weighted by atomic mass is 32.1. The van der Waals surface area contributed by atoms with Crippen molar-refractivity contribution in [1.29, 1.82) is 0 Å². The molecule has 0 saturated heterocycles. The molecule has 2 heterocycles. The molecule has 112 valence electrons. The molecule has 1 aliphatic rings. The molecule has 2 aromatic rings. The second-order valence-corrected chi connectivity index (χ2v) is 6.13. The lowest BCUT2D eigenvalue weighted by Gasteiger charge is -2.09. The Morgan fingerprint density at radius 2 is 2.19 bits per heavy atom. The third-order valence-electron chi connectivity index (χ3n) is 3.50. The van der Waals surface area contributed by atoms with E-state index in [0.717, 1.165) is 54.8 Å². The summed E-state index contributed by atoms with van der Waals surface area (Å²) in [6, 6.07) is 0. The van der Waals surface area contributed by atoms with Crippen molar-refractivity contribution in [2.45, 2.75) is 38.5 Å². The highest BCUT2D eigenvalue weighted by Gasteiger charge is 2.23. The fourth-order valence-electron chi connectivity index (χ4n) is 2.46. The Morgan fingerprint density at radius 3 is 3.00 bits per heavy atom. The van der Waals surface area contributed by atoms with Crippen molar-refractivity contribution in [3.8, 4) is 0 Å². The van der Waals surface area contributed by atoms with Crippen molar-refractivity contribution < 1.29 is 9.32 Å². The molecule has 21 heavy (non-hydrogen) atoms. The van der Waals surface area contributed by atoms with Gasteiger partial charge in [0.05, 0.1) is 5.69 Å². The average Bonchev–Trinajstić information content (AvgIpc) is 3.09. The molecule has 3 rings (SSSR count). The number of hydrogen-bond acceptors (Lipinski definition) is 7. The van der Waals surface area contributed by atoms with E-state index in [0.29, 0.717) is 17.4 Å². The van der Waals surface area contributed by atoms with Gasteiger partial charge in [0.1, 0.15) is 5.01 Å². The van der Waals surface area contributed by atoms with E-state index in [1.165, 1.54) is 11.3 Å². The number of aromatic nitrogens is 3. The molecule has 2 aromatic heterocycles. The standard InChI is InChI=1S/C13H17N5O2S/c14-13-17-16-10(21-13)6-3-7-15-12(19)11-8-4-1-2-5-9(8)18-20-11/h1-7H2,(H2,14,17)(H,15,19). The Kier molecular flexibility index (Phi) is 4.14. The number of nitrogens with one attached hydrogen (secondary N) is 1. The predicted octanol–water partition coefficient (Wildman–Crippen LogP) is 1.35. The molecule has 0 saturated carbocycles. The number of nitrogen functional groups attached to an aromatic ring is 1. The molecular formula is C13H17N5O2S. The van der Waals surface area contributed by atoms with Crippen LogP contribution in [0.5, 0.6) is 0 Å². The number of aryl methyl sites for hydroxylation is 2. The Morgan fingerprint density at radius 1 is 1.33 bits per heavy atom. The number of carbonyl (C=O) groups is 1. The summed E-state index contributed by atoms with van der Waals surface area (Å²) < 4.78 is 5.20. The third kappa shape index (κ3) is 3.21. The van der Waals surface area contributed by atoms with Crippen LogP contribution in [-0.4, -0.2) is 27.8 Å². The quantitative estimate of drug-likeness (QED) is 0.807. The number of hydrogen-bond donors (Lipinski definition) is 2. The lowest BCUT2D eigenvalue weighted by molar-refractivity contribution is 0.0915. The fraction of sp³-hybridized carbons (Fsp3) is 0.538. The van der Waals surface area contributed by atoms with Gasteiger partial charge in [-0.2, -0.15) is 0 Å². The number of carbonyl (C=O) groups excluding carboxylic acids is 1. The van der Waals surface area contributed by atoms with Gasteiger partial charge < -0.3 is 15.6 Å². The van der Waals surface area contributed by atoms with Crippen molar-refractivity contribution in [2.75, 3.05) is 12.3 Å². The number of nitrogens with zero attached hydrogens (tertiary/aromatic N) is 3. The van der Waals surface area contributed by atoms with E-state index in [1.54, 1.807) is 0 Å². The average molecular weight is 307 g/mol. The van der Waals surface area contributed by atoms with Gasteiger partial charge in [0.2, 0.25) is 10.9 Å². The summed E-state index contributed by atoms with van der Waals surface area (Å²) >= 11 is 1.38. The maximum absolute atomic E-state index is 12.1. The molecule has 0 bridgehead atoms. The number of rotatable bonds is 5. The summed E-state index contributed by atoms with van der Waals surface area (Å²) in [7, 11) is 0. The Hall–Kier alpha value is -1.96. The summed E-state index contributed by atoms with van der Waals surface area (Å²) in [5.41, 5.74) is 7.44. The van der Waals surface area contributed by atoms with Gasteiger partial charge in [-0.25, -0.2) is 0 Å². The second-order valence-electron chi connectivity index (χ2n) is 5.04. The van der Waals surface area contributed by atoms with Crippen molar-refractivity contribution in [2.24, 2.45) is 0 Å². The van der Waals surface area contributed by atoms with Crippen LogP contribution < -0.4 is 11.1 Å². The highest BCUT2D eigenvalue weighted by molar-refractivity contribution is 7.15. The molecule has 0 atom stereocenters. The van der Waals surface area contributed by atoms with Crippen molar-refractivity contribution in [3.05, 3.63) is 22.0 Å². The maximum Gasteiger partial charge on any atom is 0.290 e. The predicted molar refractivity (Wildman–Crippen MR) is 78.1 cm³/mol. The first-order chi connectivity index (χ1) is 10.2. The van der Waals surface area contributed by atoms with Gasteiger partial charge >= 0.3 is 0 Å². The fourth-order valence-corrected chi connectivity index (χ4v) is 3.11. The molecule has 0 aliphatic heterocycles. The van der Waals surface area contributed by atoms with Crippen LogP contribution in [0.15, 0.2) is 4.52 Å². The lowest BCUT2D eigenvalue weighted by atomic mass is 9.96. The third-order valence-corrected chi connectivity index (χ3v) is 4.31. The van der Waals surface area contributed by atoms with Gasteiger partial charge in [-0.15, -0.1) is 10.2 Å². The molecule has 3 N–H and O–H groups in total. The van der Waals surface area contributed by atoms with Crippen molar-refractivity contribution in [1.82, 2.24) is 20.7 Å². The summed E-state index contributed by atoms with van der Waals surface area (Å²) in [5, 5.41) is 15.9. The smallest absolute Gasteiger partial charge is 0.290 e. The molecule has 7 nitrogen and oxygen atoms in total. The van der Waals surface area contributed by atoms with Crippen LogP contribution in [0.25, 0.3) is 0 Å². The monoisotopic (exact) mass is 307 g/mol. The lowest BCUT2D eigenvalue weighted by Crippen LogP contribution is -2.25. The van der Waals surface area contributed by atoms with E-state index in [9.17, 15) is 4.79 Å². The van der Waals surface area contributed by atoms with Crippen LogP contribution in [0.3, 0.4) is 0 Å². The summed E-state index contributed by atoms with van der Waals surface area (Å²) in [5.74, 6) is 0.201. The topological polar surface area (TPSA) is 107 Å². The summed E-state index contributed by atoms with van der Waals surface area (Å²) in [6.07, 6.45) is 5.54. The van der Waals surface area contributed by atoms with Crippen LogP contribution in [0, 0.1) is 0 Å². The van der Waals surface area contributed by atoms with E-state index in [4.69, 9.17) is 10.3 Å². The Labute approximate surface area is 125 Å². The van der Waals surface area contributed by atoms with E-state index in [1.807, 2.05) is 0 Å². The maximum atomic E-state index is 12.1. The number of nitrogens with two attached hydrogens (primary N) is 1. The van der Waals surface area contributed by atoms with Gasteiger partial charge in [0.15, 0.2) is 0 Å². The van der Waals surface area contributed by atoms with Crippen LogP contribution in [0.1, 0.15) is 46.1 Å². The van der Waals surface area contributed by atoms with Gasteiger partial charge in [0.25, 0.3) is 5.91 Å². The van der Waals surface area contributed by atoms with Crippen molar-refractivity contribution >= 4 is 22.4 Å². The molecule has 0 fully saturated rings. The minimum absolute atomic E-state index is 0.178. The number of fused-ring (bicyclic) bond motifs is 1. The summed E-state index contributed by atoms with van der Waals surface area (Å²) in [6.45, 7) is 0.563. The van der Waals surface area contributed by atoms with Crippen LogP contribution >= 0.6 is 11.3 Å². The van der Waals surface area contributed by atoms with E-state index < -0.39 is 0 Å². The minimum Gasteiger partial charge on any atom is -0.374 e. The van der Waals surface area contributed by atoms with Gasteiger partial charge in [-0.3, -0.25) is 4.79 Å². The molecule has 0 unspecified atom stereocenters. The zero-order valence-corrected chi connectivity index (χ0v) is 12.4. The number of anilines is 1. The van der Waals surface area contributed by atoms with Gasteiger partial charge in [0, 0.05) is 18.5 Å². The Bertz CT molecular complexity index is 636. The number of amides is 1. The minimum atomic E-state index is -0.178. The molecule has 1 aliphatic carbocycles. The highest BCUT2D eigenvalue weighted by Crippen LogP contribution is 2.23. The van der Waals surface area contributed by atoms with E-state index in [2.05, 4.69) is 20.7 Å². The molecule has 1 amide bonds. The van der Waals surface area contributed by atoms with Crippen molar-refractivity contribution in [3.63, 3.8) is 0 Å². The molecular weight excluding hydrogens is 290 g/mol. The SMILES string of the molecule is Nc1nnc(CCCNC(=O)c2onc3c2CCCC3)s1. The zero-order chi connectivity index (χ0) is 14.7. The first-order valence-electron chi connectivity index (χ1n) is 7.07. The molecule has 0 radical (unpaired) electrons.